The van der Waals surface area contributed by atoms with E-state index in [0.717, 1.165) is 21.5 Å². The molecule has 2 aromatic heterocycles. The van der Waals surface area contributed by atoms with Crippen LogP contribution in [0.3, 0.4) is 0 Å². The van der Waals surface area contributed by atoms with Crippen molar-refractivity contribution in [2.45, 2.75) is 26.5 Å². The Labute approximate surface area is 174 Å². The summed E-state index contributed by atoms with van der Waals surface area (Å²) in [6, 6.07) is 6.74. The van der Waals surface area contributed by atoms with Crippen LogP contribution in [0.4, 0.5) is 5.69 Å². The van der Waals surface area contributed by atoms with Gasteiger partial charge in [0.25, 0.3) is 5.91 Å². The Morgan fingerprint density at radius 1 is 1.17 bits per heavy atom. The fraction of sp³-hybridized carbons (Fsp3) is 0.250. The number of carbonyl (C=O) groups is 1. The summed E-state index contributed by atoms with van der Waals surface area (Å²) in [5.74, 6) is 0.314. The van der Waals surface area contributed by atoms with Crippen LogP contribution < -0.4 is 10.0 Å². The third-order valence-electron chi connectivity index (χ3n) is 4.31. The Bertz CT molecular complexity index is 1180. The van der Waals surface area contributed by atoms with Crippen molar-refractivity contribution in [2.24, 2.45) is 0 Å². The van der Waals surface area contributed by atoms with Gasteiger partial charge in [-0.25, -0.2) is 23.1 Å². The van der Waals surface area contributed by atoms with Gasteiger partial charge in [-0.1, -0.05) is 18.2 Å². The number of hydrogen-bond acceptors (Lipinski definition) is 6. The van der Waals surface area contributed by atoms with Gasteiger partial charge in [-0.15, -0.1) is 17.9 Å². The Morgan fingerprint density at radius 2 is 1.86 bits per heavy atom. The lowest BCUT2D eigenvalue weighted by Gasteiger charge is -2.07. The van der Waals surface area contributed by atoms with Crippen molar-refractivity contribution in [3.63, 3.8) is 0 Å². The number of amides is 1. The lowest BCUT2D eigenvalue weighted by molar-refractivity contribution is 0.103. The highest BCUT2D eigenvalue weighted by atomic mass is 32.2. The largest absolute Gasteiger partial charge is 0.321 e. The maximum Gasteiger partial charge on any atom is 0.266 e. The molecule has 0 atom stereocenters. The molecular formula is C20H22N4O3S2. The lowest BCUT2D eigenvalue weighted by Crippen LogP contribution is -2.25. The standard InChI is InChI=1S/C20H22N4O3S2/c1-5-10-21-29(26,27)11-15-6-8-16(9-7-15)24-19(25)18-12(2)17-13(3)22-14(4)23-20(17)28-18/h5-9,21H,1,10-11H2,2-4H3,(H,24,25). The number of benzene rings is 1. The number of rotatable bonds is 7. The van der Waals surface area contributed by atoms with E-state index in [1.807, 2.05) is 20.8 Å². The molecule has 2 heterocycles. The zero-order valence-corrected chi connectivity index (χ0v) is 18.1. The van der Waals surface area contributed by atoms with Crippen molar-refractivity contribution in [1.29, 1.82) is 0 Å². The summed E-state index contributed by atoms with van der Waals surface area (Å²) in [6.07, 6.45) is 1.49. The predicted octanol–water partition coefficient (Wildman–Crippen LogP) is 3.47. The van der Waals surface area contributed by atoms with E-state index in [4.69, 9.17) is 0 Å². The predicted molar refractivity (Wildman–Crippen MR) is 117 cm³/mol. The fourth-order valence-corrected chi connectivity index (χ4v) is 5.30. The summed E-state index contributed by atoms with van der Waals surface area (Å²) in [6.45, 7) is 9.31. The molecule has 0 fully saturated rings. The average molecular weight is 431 g/mol. The topological polar surface area (TPSA) is 101 Å². The highest BCUT2D eigenvalue weighted by Gasteiger charge is 2.19. The number of thiophene rings is 1. The second kappa shape index (κ2) is 8.40. The minimum atomic E-state index is -3.42. The first kappa shape index (κ1) is 21.1. The Hall–Kier alpha value is -2.62. The summed E-state index contributed by atoms with van der Waals surface area (Å²) >= 11 is 1.34. The number of hydrogen-bond donors (Lipinski definition) is 2. The first-order valence-electron chi connectivity index (χ1n) is 8.93. The zero-order valence-electron chi connectivity index (χ0n) is 16.4. The minimum Gasteiger partial charge on any atom is -0.321 e. The van der Waals surface area contributed by atoms with Crippen LogP contribution in [0.2, 0.25) is 0 Å². The first-order valence-corrected chi connectivity index (χ1v) is 11.4. The zero-order chi connectivity index (χ0) is 21.2. The van der Waals surface area contributed by atoms with E-state index < -0.39 is 10.0 Å². The van der Waals surface area contributed by atoms with Crippen molar-refractivity contribution in [3.05, 3.63) is 64.4 Å². The maximum atomic E-state index is 12.8. The molecule has 0 radical (unpaired) electrons. The second-order valence-electron chi connectivity index (χ2n) is 6.64. The van der Waals surface area contributed by atoms with E-state index in [1.165, 1.54) is 17.4 Å². The summed E-state index contributed by atoms with van der Waals surface area (Å²) in [5.41, 5.74) is 2.93. The SMILES string of the molecule is C=CCNS(=O)(=O)Cc1ccc(NC(=O)c2sc3nc(C)nc(C)c3c2C)cc1. The van der Waals surface area contributed by atoms with Crippen LogP contribution in [0.15, 0.2) is 36.9 Å². The molecule has 0 aliphatic heterocycles. The van der Waals surface area contributed by atoms with Crippen LogP contribution in [0.5, 0.6) is 0 Å². The molecule has 9 heteroatoms. The molecule has 2 N–H and O–H groups in total. The minimum absolute atomic E-state index is 0.137. The van der Waals surface area contributed by atoms with Gasteiger partial charge in [-0.3, -0.25) is 4.79 Å². The molecule has 3 aromatic rings. The number of sulfonamides is 1. The van der Waals surface area contributed by atoms with Crippen molar-refractivity contribution in [2.75, 3.05) is 11.9 Å². The summed E-state index contributed by atoms with van der Waals surface area (Å²) < 4.78 is 26.3. The molecule has 0 bridgehead atoms. The summed E-state index contributed by atoms with van der Waals surface area (Å²) in [4.78, 5) is 23.0. The molecule has 7 nitrogen and oxygen atoms in total. The van der Waals surface area contributed by atoms with Gasteiger partial charge in [0.15, 0.2) is 0 Å². The van der Waals surface area contributed by atoms with Crippen LogP contribution in [-0.4, -0.2) is 30.8 Å². The van der Waals surface area contributed by atoms with Crippen LogP contribution in [0.1, 0.15) is 32.3 Å². The van der Waals surface area contributed by atoms with Gasteiger partial charge in [-0.05, 0) is 44.0 Å². The normalized spacial score (nSPS) is 11.6. The van der Waals surface area contributed by atoms with Crippen LogP contribution in [0, 0.1) is 20.8 Å². The smallest absolute Gasteiger partial charge is 0.266 e. The van der Waals surface area contributed by atoms with Gasteiger partial charge in [0, 0.05) is 23.3 Å². The highest BCUT2D eigenvalue weighted by molar-refractivity contribution is 7.88. The van der Waals surface area contributed by atoms with Crippen LogP contribution in [0.25, 0.3) is 10.2 Å². The van der Waals surface area contributed by atoms with Crippen LogP contribution >= 0.6 is 11.3 Å². The first-order chi connectivity index (χ1) is 13.7. The van der Waals surface area contributed by atoms with Gasteiger partial charge in [0.1, 0.15) is 10.7 Å². The molecule has 0 spiro atoms. The van der Waals surface area contributed by atoms with Gasteiger partial charge < -0.3 is 5.32 Å². The van der Waals surface area contributed by atoms with Crippen molar-refractivity contribution >= 4 is 43.2 Å². The van der Waals surface area contributed by atoms with Gasteiger partial charge in [-0.2, -0.15) is 0 Å². The summed E-state index contributed by atoms with van der Waals surface area (Å²) in [5, 5.41) is 3.78. The fourth-order valence-electron chi connectivity index (χ4n) is 3.02. The van der Waals surface area contributed by atoms with E-state index in [-0.39, 0.29) is 18.2 Å². The van der Waals surface area contributed by atoms with E-state index >= 15 is 0 Å². The third-order valence-corrected chi connectivity index (χ3v) is 6.81. The molecule has 0 unspecified atom stereocenters. The molecule has 3 rings (SSSR count). The number of aromatic nitrogens is 2. The van der Waals surface area contributed by atoms with E-state index in [9.17, 15) is 13.2 Å². The number of fused-ring (bicyclic) bond motifs is 1. The molecule has 0 aliphatic carbocycles. The molecule has 29 heavy (non-hydrogen) atoms. The average Bonchev–Trinajstić information content (AvgIpc) is 2.98. The number of nitrogens with zero attached hydrogens (tertiary/aromatic N) is 2. The summed E-state index contributed by atoms with van der Waals surface area (Å²) in [7, 11) is -3.42. The molecule has 0 saturated heterocycles. The Morgan fingerprint density at radius 3 is 2.52 bits per heavy atom. The Kier molecular flexibility index (Phi) is 6.11. The third kappa shape index (κ3) is 4.87. The van der Waals surface area contributed by atoms with Gasteiger partial charge in [0.2, 0.25) is 10.0 Å². The van der Waals surface area contributed by atoms with E-state index in [1.54, 1.807) is 24.3 Å². The molecular weight excluding hydrogens is 408 g/mol. The molecule has 152 valence electrons. The number of anilines is 1. The second-order valence-corrected chi connectivity index (χ2v) is 9.45. The molecule has 1 aromatic carbocycles. The number of nitrogens with one attached hydrogen (secondary N) is 2. The van der Waals surface area contributed by atoms with Crippen molar-refractivity contribution in [3.8, 4) is 0 Å². The molecule has 1 amide bonds. The van der Waals surface area contributed by atoms with Gasteiger partial charge in [0.05, 0.1) is 10.6 Å². The molecule has 0 saturated carbocycles. The highest BCUT2D eigenvalue weighted by Crippen LogP contribution is 2.31. The molecule has 0 aliphatic rings. The lowest BCUT2D eigenvalue weighted by atomic mass is 10.1. The van der Waals surface area contributed by atoms with Crippen molar-refractivity contribution in [1.82, 2.24) is 14.7 Å². The van der Waals surface area contributed by atoms with Crippen molar-refractivity contribution < 1.29 is 13.2 Å². The monoisotopic (exact) mass is 430 g/mol. The Balaban J connectivity index is 1.76. The van der Waals surface area contributed by atoms with Gasteiger partial charge >= 0.3 is 0 Å². The van der Waals surface area contributed by atoms with E-state index in [0.29, 0.717) is 22.0 Å². The van der Waals surface area contributed by atoms with Crippen LogP contribution in [-0.2, 0) is 15.8 Å². The number of carbonyl (C=O) groups excluding carboxylic acids is 1. The van der Waals surface area contributed by atoms with E-state index in [2.05, 4.69) is 26.6 Å². The number of aryl methyl sites for hydroxylation is 3. The maximum absolute atomic E-state index is 12.8. The quantitative estimate of drug-likeness (QED) is 0.559.